The lowest BCUT2D eigenvalue weighted by Gasteiger charge is -2.25. The van der Waals surface area contributed by atoms with Gasteiger partial charge in [0, 0.05) is 41.4 Å². The molecule has 3 aromatic carbocycles. The largest absolute Gasteiger partial charge is 0.507 e. The van der Waals surface area contributed by atoms with Crippen LogP contribution in [-0.4, -0.2) is 46.9 Å². The number of hydrogen-bond acceptors (Lipinski definition) is 4. The van der Waals surface area contributed by atoms with Gasteiger partial charge in [-0.3, -0.25) is 9.59 Å². The average Bonchev–Trinajstić information content (AvgIpc) is 3.29. The van der Waals surface area contributed by atoms with Gasteiger partial charge in [-0.25, -0.2) is 0 Å². The van der Waals surface area contributed by atoms with Crippen LogP contribution in [0.4, 0.5) is 0 Å². The Kier molecular flexibility index (Phi) is 5.23. The third kappa shape index (κ3) is 3.31. The van der Waals surface area contributed by atoms with Crippen molar-refractivity contribution in [1.82, 2.24) is 9.88 Å². The summed E-state index contributed by atoms with van der Waals surface area (Å²) >= 11 is 0. The van der Waals surface area contributed by atoms with E-state index in [9.17, 15) is 14.7 Å². The van der Waals surface area contributed by atoms with E-state index in [4.69, 9.17) is 4.74 Å². The monoisotopic (exact) mass is 440 g/mol. The fraction of sp³-hybridized carbons (Fsp3) is 0.185. The summed E-state index contributed by atoms with van der Waals surface area (Å²) in [5.74, 6) is -1.49. The summed E-state index contributed by atoms with van der Waals surface area (Å²) in [5, 5.41) is 14.2. The minimum absolute atomic E-state index is 0.0975. The molecule has 1 fully saturated rings. The van der Waals surface area contributed by atoms with Crippen molar-refractivity contribution in [1.29, 1.82) is 0 Å². The minimum Gasteiger partial charge on any atom is -0.507 e. The molecule has 0 aliphatic carbocycles. The van der Waals surface area contributed by atoms with Crippen LogP contribution in [-0.2, 0) is 14.3 Å². The highest BCUT2D eigenvalue weighted by atomic mass is 16.5. The average molecular weight is 440 g/mol. The molecule has 2 heterocycles. The lowest BCUT2D eigenvalue weighted by atomic mass is 9.92. The Balaban J connectivity index is 1.79. The Labute approximate surface area is 191 Å². The summed E-state index contributed by atoms with van der Waals surface area (Å²) in [5.41, 5.74) is 3.19. The van der Waals surface area contributed by atoms with Gasteiger partial charge >= 0.3 is 0 Å². The van der Waals surface area contributed by atoms with Crippen LogP contribution in [0.15, 0.2) is 72.3 Å². The van der Waals surface area contributed by atoms with Crippen molar-refractivity contribution in [3.05, 3.63) is 89.1 Å². The van der Waals surface area contributed by atoms with Gasteiger partial charge in [-0.05, 0) is 23.8 Å². The van der Waals surface area contributed by atoms with Gasteiger partial charge in [-0.2, -0.15) is 0 Å². The highest BCUT2D eigenvalue weighted by molar-refractivity contribution is 6.47. The number of carbonyl (C=O) groups is 2. The number of ether oxygens (including phenoxy) is 1. The van der Waals surface area contributed by atoms with E-state index in [1.807, 2.05) is 67.6 Å². The molecule has 4 aromatic rings. The maximum absolute atomic E-state index is 13.3. The fourth-order valence-electron chi connectivity index (χ4n) is 4.83. The van der Waals surface area contributed by atoms with E-state index in [1.54, 1.807) is 13.2 Å². The van der Waals surface area contributed by atoms with Crippen LogP contribution >= 0.6 is 0 Å². The first-order valence-electron chi connectivity index (χ1n) is 10.9. The highest BCUT2D eigenvalue weighted by Crippen LogP contribution is 2.43. The number of fused-ring (bicyclic) bond motifs is 2. The number of benzene rings is 3. The first-order chi connectivity index (χ1) is 16.0. The van der Waals surface area contributed by atoms with Crippen molar-refractivity contribution in [2.75, 3.05) is 20.3 Å². The number of aliphatic hydroxyl groups excluding tert-OH is 1. The second-order valence-corrected chi connectivity index (χ2v) is 8.22. The summed E-state index contributed by atoms with van der Waals surface area (Å²) in [6.07, 6.45) is 0. The van der Waals surface area contributed by atoms with Gasteiger partial charge in [0.1, 0.15) is 5.76 Å². The molecule has 0 saturated carbocycles. The number of Topliss-reactive ketones (excluding diaryl/α,β-unsaturated/α-hetero) is 1. The molecule has 1 aliphatic heterocycles. The van der Waals surface area contributed by atoms with E-state index in [-0.39, 0.29) is 24.5 Å². The number of aromatic amines is 1. The van der Waals surface area contributed by atoms with Crippen LogP contribution < -0.4 is 0 Å². The molecule has 166 valence electrons. The van der Waals surface area contributed by atoms with Crippen molar-refractivity contribution < 1.29 is 19.4 Å². The van der Waals surface area contributed by atoms with Crippen molar-refractivity contribution in [3.8, 4) is 0 Å². The maximum atomic E-state index is 13.3. The molecular formula is C27H24N2O4. The van der Waals surface area contributed by atoms with E-state index < -0.39 is 17.7 Å². The molecule has 5 rings (SSSR count). The van der Waals surface area contributed by atoms with Crippen molar-refractivity contribution >= 4 is 39.1 Å². The predicted octanol–water partition coefficient (Wildman–Crippen LogP) is 4.70. The molecule has 6 nitrogen and oxygen atoms in total. The third-order valence-corrected chi connectivity index (χ3v) is 6.34. The van der Waals surface area contributed by atoms with Crippen molar-refractivity contribution in [2.45, 2.75) is 13.0 Å². The van der Waals surface area contributed by atoms with E-state index >= 15 is 0 Å². The number of nitrogens with zero attached hydrogens (tertiary/aromatic N) is 1. The maximum Gasteiger partial charge on any atom is 0.295 e. The summed E-state index contributed by atoms with van der Waals surface area (Å²) in [7, 11) is 1.55. The molecule has 1 aromatic heterocycles. The second-order valence-electron chi connectivity index (χ2n) is 8.22. The number of aromatic nitrogens is 1. The van der Waals surface area contributed by atoms with Crippen molar-refractivity contribution in [3.63, 3.8) is 0 Å². The molecule has 1 aliphatic rings. The zero-order valence-corrected chi connectivity index (χ0v) is 18.5. The molecule has 1 saturated heterocycles. The Morgan fingerprint density at radius 3 is 2.48 bits per heavy atom. The van der Waals surface area contributed by atoms with E-state index in [0.29, 0.717) is 5.56 Å². The Hall–Kier alpha value is -3.90. The number of aliphatic hydroxyl groups is 1. The number of amides is 1. The van der Waals surface area contributed by atoms with Crippen LogP contribution in [0, 0.1) is 6.92 Å². The number of H-pyrrole nitrogens is 1. The molecule has 1 unspecified atom stereocenters. The number of rotatable bonds is 5. The smallest absolute Gasteiger partial charge is 0.295 e. The summed E-state index contributed by atoms with van der Waals surface area (Å²) in [4.78, 5) is 31.3. The molecule has 6 heteroatoms. The van der Waals surface area contributed by atoms with Crippen LogP contribution in [0.3, 0.4) is 0 Å². The summed E-state index contributed by atoms with van der Waals surface area (Å²) in [6, 6.07) is 20.3. The molecule has 33 heavy (non-hydrogen) atoms. The topological polar surface area (TPSA) is 82.6 Å². The van der Waals surface area contributed by atoms with Crippen molar-refractivity contribution in [2.24, 2.45) is 0 Å². The number of carbonyl (C=O) groups excluding carboxylic acids is 2. The van der Waals surface area contributed by atoms with Gasteiger partial charge in [0.25, 0.3) is 11.7 Å². The molecule has 2 N–H and O–H groups in total. The van der Waals surface area contributed by atoms with Crippen LogP contribution in [0.5, 0.6) is 0 Å². The number of ketones is 1. The van der Waals surface area contributed by atoms with Gasteiger partial charge in [0.05, 0.1) is 18.2 Å². The first-order valence-corrected chi connectivity index (χ1v) is 10.9. The third-order valence-electron chi connectivity index (χ3n) is 6.34. The van der Waals surface area contributed by atoms with E-state index in [0.717, 1.165) is 32.9 Å². The van der Waals surface area contributed by atoms with E-state index in [1.165, 1.54) is 4.90 Å². The van der Waals surface area contributed by atoms with Gasteiger partial charge < -0.3 is 19.7 Å². The number of likely N-dealkylation sites (tertiary alicyclic amines) is 1. The lowest BCUT2D eigenvalue weighted by molar-refractivity contribution is -0.140. The SMILES string of the molecule is COCCN1C(=O)C(=O)/C(=C(/O)c2cccc3ccccc23)C1c1c(C)[nH]c2ccccc12. The van der Waals surface area contributed by atoms with Crippen LogP contribution in [0.1, 0.15) is 22.9 Å². The molecule has 0 radical (unpaired) electrons. The predicted molar refractivity (Wildman–Crippen MR) is 128 cm³/mol. The number of nitrogens with one attached hydrogen (secondary N) is 1. The summed E-state index contributed by atoms with van der Waals surface area (Å²) < 4.78 is 5.22. The Bertz CT molecular complexity index is 1430. The number of aryl methyl sites for hydroxylation is 1. The van der Waals surface area contributed by atoms with Gasteiger partial charge in [-0.1, -0.05) is 60.7 Å². The van der Waals surface area contributed by atoms with Gasteiger partial charge in [-0.15, -0.1) is 0 Å². The van der Waals surface area contributed by atoms with E-state index in [2.05, 4.69) is 4.98 Å². The van der Waals surface area contributed by atoms with Gasteiger partial charge in [0.15, 0.2) is 0 Å². The number of para-hydroxylation sites is 1. The summed E-state index contributed by atoms with van der Waals surface area (Å²) in [6.45, 7) is 2.43. The Morgan fingerprint density at radius 1 is 1.00 bits per heavy atom. The molecule has 0 spiro atoms. The number of hydrogen-bond donors (Lipinski definition) is 2. The zero-order chi connectivity index (χ0) is 23.1. The zero-order valence-electron chi connectivity index (χ0n) is 18.5. The lowest BCUT2D eigenvalue weighted by Crippen LogP contribution is -2.32. The fourth-order valence-corrected chi connectivity index (χ4v) is 4.83. The second kappa shape index (κ2) is 8.22. The normalized spacial score (nSPS) is 18.0. The quantitative estimate of drug-likeness (QED) is 0.268. The van der Waals surface area contributed by atoms with Crippen LogP contribution in [0.2, 0.25) is 0 Å². The number of methoxy groups -OCH3 is 1. The first kappa shape index (κ1) is 21.0. The molecular weight excluding hydrogens is 416 g/mol. The van der Waals surface area contributed by atoms with Gasteiger partial charge in [0.2, 0.25) is 0 Å². The Morgan fingerprint density at radius 2 is 1.70 bits per heavy atom. The molecule has 1 atom stereocenters. The molecule has 1 amide bonds. The minimum atomic E-state index is -0.727. The highest BCUT2D eigenvalue weighted by Gasteiger charge is 2.47. The standard InChI is InChI=1S/C27H24N2O4/c1-16-22(20-11-5-6-13-21(20)28-16)24-23(26(31)27(32)29(24)14-15-33-2)25(30)19-12-7-9-17-8-3-4-10-18(17)19/h3-13,24,28,30H,14-15H2,1-2H3/b25-23+. The van der Waals surface area contributed by atoms with Crippen LogP contribution in [0.25, 0.3) is 27.4 Å². The molecule has 0 bridgehead atoms.